The second-order valence-electron chi connectivity index (χ2n) is 3.02. The van der Waals surface area contributed by atoms with Gasteiger partial charge in [-0.15, -0.1) is 0 Å². The van der Waals surface area contributed by atoms with Crippen LogP contribution < -0.4 is 0 Å². The van der Waals surface area contributed by atoms with E-state index in [1.54, 1.807) is 0 Å². The number of phenols is 1. The Morgan fingerprint density at radius 1 is 1.00 bits per heavy atom. The molecule has 0 aliphatic rings. The third kappa shape index (κ3) is 2.75. The Hall–Kier alpha value is -3.04. The van der Waals surface area contributed by atoms with Crippen molar-refractivity contribution in [1.29, 1.82) is 0 Å². The zero-order valence-corrected chi connectivity index (χ0v) is 8.55. The van der Waals surface area contributed by atoms with Crippen molar-refractivity contribution < 1.29 is 19.9 Å². The molecule has 0 saturated heterocycles. The second-order valence-corrected chi connectivity index (χ2v) is 3.02. The molecule has 18 heavy (non-hydrogen) atoms. The number of hydrogen-bond acceptors (Lipinski definition) is 7. The molecule has 94 valence electrons. The van der Waals surface area contributed by atoms with Gasteiger partial charge in [-0.2, -0.15) is 0 Å². The van der Waals surface area contributed by atoms with Gasteiger partial charge in [0.2, 0.25) is 6.20 Å². The lowest BCUT2D eigenvalue weighted by Crippen LogP contribution is -1.95. The summed E-state index contributed by atoms with van der Waals surface area (Å²) in [4.78, 5) is 28.3. The number of rotatable bonds is 4. The molecule has 1 aromatic carbocycles. The van der Waals surface area contributed by atoms with E-state index in [-0.39, 0.29) is 5.56 Å². The fraction of sp³-hybridized carbons (Fsp3) is 0. The molecule has 0 amide bonds. The first-order valence-electron chi connectivity index (χ1n) is 4.30. The van der Waals surface area contributed by atoms with Gasteiger partial charge in [-0.05, 0) is 5.56 Å². The van der Waals surface area contributed by atoms with Gasteiger partial charge >= 0.3 is 11.4 Å². The highest BCUT2D eigenvalue weighted by Gasteiger charge is 2.25. The lowest BCUT2D eigenvalue weighted by atomic mass is 10.1. The summed E-state index contributed by atoms with van der Waals surface area (Å²) in [6.07, 6.45) is 1.32. The maximum atomic E-state index is 10.6. The van der Waals surface area contributed by atoms with Crippen LogP contribution in [0.25, 0.3) is 6.08 Å². The molecule has 0 atom stereocenters. The molecule has 0 saturated carbocycles. The number of hydrogen-bond donors (Lipinski definition) is 1. The van der Waals surface area contributed by atoms with Crippen LogP contribution in [0, 0.1) is 30.3 Å². The molecule has 0 spiro atoms. The van der Waals surface area contributed by atoms with E-state index in [0.29, 0.717) is 6.20 Å². The number of benzene rings is 1. The molecule has 0 fully saturated rings. The number of aromatic hydroxyl groups is 1. The monoisotopic (exact) mass is 255 g/mol. The molecule has 10 nitrogen and oxygen atoms in total. The minimum absolute atomic E-state index is 0.136. The second kappa shape index (κ2) is 4.86. The minimum atomic E-state index is -1.09. The van der Waals surface area contributed by atoms with Crippen molar-refractivity contribution in [2.45, 2.75) is 0 Å². The van der Waals surface area contributed by atoms with Crippen molar-refractivity contribution in [2.75, 3.05) is 0 Å². The van der Waals surface area contributed by atoms with E-state index in [2.05, 4.69) is 0 Å². The van der Waals surface area contributed by atoms with Crippen LogP contribution >= 0.6 is 0 Å². The average Bonchev–Trinajstić information content (AvgIpc) is 2.26. The molecule has 1 rings (SSSR count). The number of nitrogens with zero attached hydrogens (tertiary/aromatic N) is 3. The fourth-order valence-corrected chi connectivity index (χ4v) is 1.15. The van der Waals surface area contributed by atoms with Crippen molar-refractivity contribution in [3.8, 4) is 5.75 Å². The Bertz CT molecular complexity index is 531. The minimum Gasteiger partial charge on any atom is -0.497 e. The van der Waals surface area contributed by atoms with Crippen LogP contribution in [0.4, 0.5) is 11.4 Å². The van der Waals surface area contributed by atoms with Crippen LogP contribution in [0.5, 0.6) is 5.75 Å². The lowest BCUT2D eigenvalue weighted by Gasteiger charge is -1.99. The molecule has 0 radical (unpaired) electrons. The summed E-state index contributed by atoms with van der Waals surface area (Å²) in [5, 5.41) is 40.5. The predicted molar refractivity (Wildman–Crippen MR) is 57.4 cm³/mol. The molecule has 0 aromatic heterocycles. The zero-order chi connectivity index (χ0) is 13.9. The normalized spacial score (nSPS) is 10.4. The van der Waals surface area contributed by atoms with Gasteiger partial charge in [-0.25, -0.2) is 0 Å². The van der Waals surface area contributed by atoms with Gasteiger partial charge in [-0.3, -0.25) is 30.3 Å². The van der Waals surface area contributed by atoms with Gasteiger partial charge in [0.15, 0.2) is 0 Å². The Morgan fingerprint density at radius 3 is 1.78 bits per heavy atom. The van der Waals surface area contributed by atoms with Crippen molar-refractivity contribution in [2.24, 2.45) is 0 Å². The number of nitro benzene ring substituents is 2. The van der Waals surface area contributed by atoms with E-state index in [0.717, 1.165) is 18.2 Å². The standard InChI is InChI=1S/C8H5N3O7/c12-8-6(10(15)16)3-5(1-2-9(13)14)4-7(8)11(17)18/h1-4,12H/b2-1+. The summed E-state index contributed by atoms with van der Waals surface area (Å²) in [5.41, 5.74) is -1.93. The number of phenolic OH excluding ortho intramolecular Hbond substituents is 1. The van der Waals surface area contributed by atoms with Crippen molar-refractivity contribution in [3.63, 3.8) is 0 Å². The van der Waals surface area contributed by atoms with Crippen LogP contribution in [0.2, 0.25) is 0 Å². The zero-order valence-electron chi connectivity index (χ0n) is 8.55. The Kier molecular flexibility index (Phi) is 3.52. The molecule has 0 heterocycles. The topological polar surface area (TPSA) is 150 Å². The summed E-state index contributed by atoms with van der Waals surface area (Å²) in [5.74, 6) is -1.09. The summed E-state index contributed by atoms with van der Waals surface area (Å²) >= 11 is 0. The molecule has 0 aliphatic heterocycles. The molecule has 10 heteroatoms. The molecule has 0 unspecified atom stereocenters. The first-order valence-corrected chi connectivity index (χ1v) is 4.30. The third-order valence-corrected chi connectivity index (χ3v) is 1.87. The summed E-state index contributed by atoms with van der Waals surface area (Å²) in [6, 6.07) is 1.59. The van der Waals surface area contributed by atoms with E-state index in [9.17, 15) is 35.4 Å². The summed E-state index contributed by atoms with van der Waals surface area (Å²) < 4.78 is 0. The van der Waals surface area contributed by atoms with Crippen LogP contribution in [0.3, 0.4) is 0 Å². The van der Waals surface area contributed by atoms with Crippen LogP contribution in [0.15, 0.2) is 18.3 Å². The van der Waals surface area contributed by atoms with Gasteiger partial charge < -0.3 is 5.11 Å². The van der Waals surface area contributed by atoms with E-state index in [4.69, 9.17) is 0 Å². The van der Waals surface area contributed by atoms with Crippen LogP contribution in [0.1, 0.15) is 5.56 Å². The fourth-order valence-electron chi connectivity index (χ4n) is 1.15. The SMILES string of the molecule is O=[N+]([O-])/C=C/c1cc([N+](=O)[O-])c(O)c([N+](=O)[O-])c1. The highest BCUT2D eigenvalue weighted by molar-refractivity contribution is 5.66. The summed E-state index contributed by atoms with van der Waals surface area (Å²) in [6.45, 7) is 0. The van der Waals surface area contributed by atoms with E-state index < -0.39 is 31.9 Å². The first-order chi connectivity index (χ1) is 8.32. The Labute approximate surface area is 98.2 Å². The smallest absolute Gasteiger partial charge is 0.318 e. The molecular weight excluding hydrogens is 250 g/mol. The van der Waals surface area contributed by atoms with Gasteiger partial charge in [0.05, 0.1) is 14.8 Å². The predicted octanol–water partition coefficient (Wildman–Crippen LogP) is 1.46. The Balaban J connectivity index is 3.43. The Morgan fingerprint density at radius 2 is 1.44 bits per heavy atom. The van der Waals surface area contributed by atoms with Crippen molar-refractivity contribution >= 4 is 17.5 Å². The quantitative estimate of drug-likeness (QED) is 0.631. The molecule has 1 N–H and O–H groups in total. The summed E-state index contributed by atoms with van der Waals surface area (Å²) in [7, 11) is 0. The van der Waals surface area contributed by atoms with Gasteiger partial charge in [0, 0.05) is 18.2 Å². The van der Waals surface area contributed by atoms with Crippen molar-refractivity contribution in [3.05, 3.63) is 54.2 Å². The third-order valence-electron chi connectivity index (χ3n) is 1.87. The van der Waals surface area contributed by atoms with Crippen molar-refractivity contribution in [1.82, 2.24) is 0 Å². The van der Waals surface area contributed by atoms with E-state index >= 15 is 0 Å². The van der Waals surface area contributed by atoms with Crippen LogP contribution in [-0.2, 0) is 0 Å². The maximum Gasteiger partial charge on any atom is 0.318 e. The van der Waals surface area contributed by atoms with E-state index in [1.165, 1.54) is 0 Å². The molecule has 1 aromatic rings. The molecular formula is C8H5N3O7. The maximum absolute atomic E-state index is 10.6. The number of nitro groups is 3. The highest BCUT2D eigenvalue weighted by atomic mass is 16.6. The average molecular weight is 255 g/mol. The van der Waals surface area contributed by atoms with Crippen LogP contribution in [-0.4, -0.2) is 19.9 Å². The molecule has 0 aliphatic carbocycles. The van der Waals surface area contributed by atoms with E-state index in [1.807, 2.05) is 0 Å². The van der Waals surface area contributed by atoms with Gasteiger partial charge in [0.25, 0.3) is 5.75 Å². The largest absolute Gasteiger partial charge is 0.497 e. The lowest BCUT2D eigenvalue weighted by molar-refractivity contribution is -0.401. The van der Waals surface area contributed by atoms with Gasteiger partial charge in [0.1, 0.15) is 0 Å². The highest BCUT2D eigenvalue weighted by Crippen LogP contribution is 2.36. The van der Waals surface area contributed by atoms with Gasteiger partial charge in [-0.1, -0.05) is 0 Å². The molecule has 0 bridgehead atoms. The first kappa shape index (κ1) is 13.0.